The number of aryl methyl sites for hydroxylation is 1. The zero-order valence-electron chi connectivity index (χ0n) is 9.43. The lowest BCUT2D eigenvalue weighted by Gasteiger charge is -1.97. The van der Waals surface area contributed by atoms with Crippen LogP contribution in [-0.2, 0) is 6.54 Å². The second kappa shape index (κ2) is 4.79. The number of hydrogen-bond acceptors (Lipinski definition) is 3. The molecule has 0 aliphatic rings. The van der Waals surface area contributed by atoms with Crippen LogP contribution in [0.5, 0.6) is 0 Å². The molecule has 2 N–H and O–H groups in total. The number of rotatable bonds is 4. The van der Waals surface area contributed by atoms with Crippen LogP contribution in [0, 0.1) is 0 Å². The van der Waals surface area contributed by atoms with E-state index in [-0.39, 0.29) is 0 Å². The Morgan fingerprint density at radius 1 is 1.25 bits per heavy atom. The van der Waals surface area contributed by atoms with Gasteiger partial charge in [0.25, 0.3) is 0 Å². The molecule has 1 aromatic heterocycles. The van der Waals surface area contributed by atoms with Gasteiger partial charge in [-0.05, 0) is 18.6 Å². The van der Waals surface area contributed by atoms with Gasteiger partial charge in [-0.3, -0.25) is 4.68 Å². The van der Waals surface area contributed by atoms with Crippen LogP contribution in [0.3, 0.4) is 0 Å². The van der Waals surface area contributed by atoms with E-state index in [1.165, 1.54) is 0 Å². The predicted molar refractivity (Wildman–Crippen MR) is 64.8 cm³/mol. The van der Waals surface area contributed by atoms with Crippen molar-refractivity contribution in [2.24, 2.45) is 0 Å². The summed E-state index contributed by atoms with van der Waals surface area (Å²) in [4.78, 5) is 0. The van der Waals surface area contributed by atoms with E-state index < -0.39 is 0 Å². The fourth-order valence-corrected chi connectivity index (χ4v) is 1.51. The number of nitrogen functional groups attached to an aromatic ring is 1. The van der Waals surface area contributed by atoms with Gasteiger partial charge in [-0.15, -0.1) is 5.10 Å². The fourth-order valence-electron chi connectivity index (χ4n) is 1.51. The summed E-state index contributed by atoms with van der Waals surface area (Å²) in [6.07, 6.45) is 4.27. The Labute approximate surface area is 95.1 Å². The first-order chi connectivity index (χ1) is 7.79. The summed E-state index contributed by atoms with van der Waals surface area (Å²) in [6, 6.07) is 7.67. The van der Waals surface area contributed by atoms with E-state index in [1.807, 2.05) is 35.1 Å². The van der Waals surface area contributed by atoms with Crippen LogP contribution in [0.2, 0.25) is 0 Å². The summed E-state index contributed by atoms with van der Waals surface area (Å²) in [6.45, 7) is 3.09. The van der Waals surface area contributed by atoms with Crippen LogP contribution in [0.1, 0.15) is 19.8 Å². The molecule has 0 saturated carbocycles. The normalized spacial score (nSPS) is 10.6. The first-order valence-electron chi connectivity index (χ1n) is 5.55. The minimum absolute atomic E-state index is 0.766. The van der Waals surface area contributed by atoms with Crippen molar-refractivity contribution in [3.05, 3.63) is 30.5 Å². The molecule has 1 heterocycles. The SMILES string of the molecule is CCCCn1cc(-c2ccc(N)cc2)nn1. The number of benzene rings is 1. The molecule has 4 nitrogen and oxygen atoms in total. The number of anilines is 1. The Bertz CT molecular complexity index is 444. The molecule has 0 spiro atoms. The first-order valence-corrected chi connectivity index (χ1v) is 5.55. The molecule has 0 bridgehead atoms. The van der Waals surface area contributed by atoms with Crippen molar-refractivity contribution >= 4 is 5.69 Å². The number of hydrogen-bond donors (Lipinski definition) is 1. The largest absolute Gasteiger partial charge is 0.399 e. The fraction of sp³-hybridized carbons (Fsp3) is 0.333. The van der Waals surface area contributed by atoms with Crippen molar-refractivity contribution < 1.29 is 0 Å². The van der Waals surface area contributed by atoms with Crippen LogP contribution < -0.4 is 5.73 Å². The zero-order chi connectivity index (χ0) is 11.4. The van der Waals surface area contributed by atoms with Gasteiger partial charge in [-0.1, -0.05) is 30.7 Å². The summed E-state index contributed by atoms with van der Waals surface area (Å²) >= 11 is 0. The van der Waals surface area contributed by atoms with Crippen LogP contribution >= 0.6 is 0 Å². The molecule has 4 heteroatoms. The number of nitrogens with two attached hydrogens (primary N) is 1. The third-order valence-corrected chi connectivity index (χ3v) is 2.49. The van der Waals surface area contributed by atoms with Gasteiger partial charge in [-0.25, -0.2) is 0 Å². The van der Waals surface area contributed by atoms with Gasteiger partial charge in [0, 0.05) is 17.8 Å². The highest BCUT2D eigenvalue weighted by Crippen LogP contribution is 2.17. The lowest BCUT2D eigenvalue weighted by Crippen LogP contribution is -1.97. The van der Waals surface area contributed by atoms with E-state index in [9.17, 15) is 0 Å². The van der Waals surface area contributed by atoms with Crippen molar-refractivity contribution in [3.8, 4) is 11.3 Å². The van der Waals surface area contributed by atoms with Crippen LogP contribution in [-0.4, -0.2) is 15.0 Å². The maximum Gasteiger partial charge on any atom is 0.113 e. The maximum absolute atomic E-state index is 5.63. The summed E-state index contributed by atoms with van der Waals surface area (Å²) in [5.74, 6) is 0. The van der Waals surface area contributed by atoms with Gasteiger partial charge in [-0.2, -0.15) is 0 Å². The molecule has 1 aromatic carbocycles. The Balaban J connectivity index is 2.15. The second-order valence-corrected chi connectivity index (χ2v) is 3.84. The quantitative estimate of drug-likeness (QED) is 0.798. The Hall–Kier alpha value is -1.84. The Morgan fingerprint density at radius 2 is 2.00 bits per heavy atom. The highest BCUT2D eigenvalue weighted by molar-refractivity contribution is 5.60. The minimum atomic E-state index is 0.766. The van der Waals surface area contributed by atoms with Crippen LogP contribution in [0.4, 0.5) is 5.69 Å². The topological polar surface area (TPSA) is 56.7 Å². The van der Waals surface area contributed by atoms with Crippen LogP contribution in [0.15, 0.2) is 30.5 Å². The van der Waals surface area contributed by atoms with E-state index in [4.69, 9.17) is 5.73 Å². The van der Waals surface area contributed by atoms with Gasteiger partial charge in [0.15, 0.2) is 0 Å². The van der Waals surface area contributed by atoms with E-state index >= 15 is 0 Å². The third kappa shape index (κ3) is 2.39. The van der Waals surface area contributed by atoms with Crippen LogP contribution in [0.25, 0.3) is 11.3 Å². The summed E-state index contributed by atoms with van der Waals surface area (Å²) < 4.78 is 1.88. The molecule has 2 aromatic rings. The molecule has 0 aliphatic carbocycles. The molecule has 0 atom stereocenters. The molecule has 0 unspecified atom stereocenters. The monoisotopic (exact) mass is 216 g/mol. The Kier molecular flexibility index (Phi) is 3.19. The standard InChI is InChI=1S/C12H16N4/c1-2-3-8-16-9-12(14-15-16)10-4-6-11(13)7-5-10/h4-7,9H,2-3,8,13H2,1H3. The average Bonchev–Trinajstić information content (AvgIpc) is 2.76. The molecule has 2 rings (SSSR count). The number of aromatic nitrogens is 3. The van der Waals surface area contributed by atoms with Gasteiger partial charge in [0.1, 0.15) is 5.69 Å². The third-order valence-electron chi connectivity index (χ3n) is 2.49. The summed E-state index contributed by atoms with van der Waals surface area (Å²) in [7, 11) is 0. The van der Waals surface area contributed by atoms with Crippen molar-refractivity contribution in [1.82, 2.24) is 15.0 Å². The molecular weight excluding hydrogens is 200 g/mol. The molecule has 16 heavy (non-hydrogen) atoms. The smallest absolute Gasteiger partial charge is 0.113 e. The predicted octanol–water partition coefficient (Wildman–Crippen LogP) is 2.33. The highest BCUT2D eigenvalue weighted by atomic mass is 15.4. The van der Waals surface area contributed by atoms with E-state index in [0.717, 1.165) is 36.3 Å². The van der Waals surface area contributed by atoms with Crippen molar-refractivity contribution in [3.63, 3.8) is 0 Å². The average molecular weight is 216 g/mol. The minimum Gasteiger partial charge on any atom is -0.399 e. The molecule has 84 valence electrons. The lowest BCUT2D eigenvalue weighted by atomic mass is 10.1. The summed E-state index contributed by atoms with van der Waals surface area (Å²) in [5.41, 5.74) is 8.35. The van der Waals surface area contributed by atoms with Crippen molar-refractivity contribution in [1.29, 1.82) is 0 Å². The van der Waals surface area contributed by atoms with Gasteiger partial charge < -0.3 is 5.73 Å². The van der Waals surface area contributed by atoms with Crippen molar-refractivity contribution in [2.45, 2.75) is 26.3 Å². The summed E-state index contributed by atoms with van der Waals surface area (Å²) in [5, 5.41) is 8.23. The van der Waals surface area contributed by atoms with E-state index in [2.05, 4.69) is 17.2 Å². The van der Waals surface area contributed by atoms with Gasteiger partial charge in [0.2, 0.25) is 0 Å². The molecule has 0 amide bonds. The first kappa shape index (κ1) is 10.7. The molecule has 0 saturated heterocycles. The maximum atomic E-state index is 5.63. The number of nitrogens with zero attached hydrogens (tertiary/aromatic N) is 3. The molecule has 0 aliphatic heterocycles. The second-order valence-electron chi connectivity index (χ2n) is 3.84. The van der Waals surface area contributed by atoms with E-state index in [0.29, 0.717) is 0 Å². The zero-order valence-corrected chi connectivity index (χ0v) is 9.43. The van der Waals surface area contributed by atoms with Gasteiger partial charge in [0.05, 0.1) is 6.20 Å². The lowest BCUT2D eigenvalue weighted by molar-refractivity contribution is 0.553. The molecule has 0 fully saturated rings. The van der Waals surface area contributed by atoms with Crippen molar-refractivity contribution in [2.75, 3.05) is 5.73 Å². The molecule has 0 radical (unpaired) electrons. The van der Waals surface area contributed by atoms with E-state index in [1.54, 1.807) is 0 Å². The number of unbranched alkanes of at least 4 members (excludes halogenated alkanes) is 1. The molecular formula is C12H16N4. The Morgan fingerprint density at radius 3 is 2.69 bits per heavy atom. The highest BCUT2D eigenvalue weighted by Gasteiger charge is 2.02. The van der Waals surface area contributed by atoms with Gasteiger partial charge >= 0.3 is 0 Å².